The SMILES string of the molecule is COC(=O)CC1(c2cccc(F)c2)CC1NC(=O)OC(C)(C)C. The fourth-order valence-electron chi connectivity index (χ4n) is 2.69. The third-order valence-electron chi connectivity index (χ3n) is 3.85. The van der Waals surface area contributed by atoms with Crippen molar-refractivity contribution in [1.82, 2.24) is 5.32 Å². The normalized spacial score (nSPS) is 23.1. The van der Waals surface area contributed by atoms with Gasteiger partial charge < -0.3 is 14.8 Å². The maximum Gasteiger partial charge on any atom is 0.407 e. The first-order chi connectivity index (χ1) is 10.7. The predicted molar refractivity (Wildman–Crippen MR) is 82.5 cm³/mol. The molecule has 23 heavy (non-hydrogen) atoms. The molecule has 0 bridgehead atoms. The summed E-state index contributed by atoms with van der Waals surface area (Å²) in [6.07, 6.45) is 0.0590. The van der Waals surface area contributed by atoms with Gasteiger partial charge in [-0.1, -0.05) is 12.1 Å². The number of halogens is 1. The van der Waals surface area contributed by atoms with E-state index < -0.39 is 23.1 Å². The fraction of sp³-hybridized carbons (Fsp3) is 0.529. The number of nitrogens with one attached hydrogen (secondary N) is 1. The highest BCUT2D eigenvalue weighted by molar-refractivity contribution is 5.75. The Labute approximate surface area is 135 Å². The fourth-order valence-corrected chi connectivity index (χ4v) is 2.69. The molecular weight excluding hydrogens is 301 g/mol. The number of benzene rings is 1. The minimum Gasteiger partial charge on any atom is -0.469 e. The molecule has 5 nitrogen and oxygen atoms in total. The Kier molecular flexibility index (Phi) is 4.63. The molecule has 2 atom stereocenters. The van der Waals surface area contributed by atoms with Crippen molar-refractivity contribution >= 4 is 12.1 Å². The highest BCUT2D eigenvalue weighted by atomic mass is 19.1. The van der Waals surface area contributed by atoms with Gasteiger partial charge in [0.1, 0.15) is 11.4 Å². The van der Waals surface area contributed by atoms with E-state index in [1.54, 1.807) is 32.9 Å². The number of hydrogen-bond donors (Lipinski definition) is 1. The van der Waals surface area contributed by atoms with Crippen molar-refractivity contribution in [3.05, 3.63) is 35.6 Å². The van der Waals surface area contributed by atoms with Crippen molar-refractivity contribution in [2.24, 2.45) is 0 Å². The second kappa shape index (κ2) is 6.18. The summed E-state index contributed by atoms with van der Waals surface area (Å²) in [6.45, 7) is 5.31. The quantitative estimate of drug-likeness (QED) is 0.865. The van der Waals surface area contributed by atoms with Gasteiger partial charge in [0.25, 0.3) is 0 Å². The van der Waals surface area contributed by atoms with E-state index in [4.69, 9.17) is 9.47 Å². The molecule has 0 radical (unpaired) electrons. The van der Waals surface area contributed by atoms with Crippen LogP contribution in [0.4, 0.5) is 9.18 Å². The van der Waals surface area contributed by atoms with Crippen molar-refractivity contribution in [2.75, 3.05) is 7.11 Å². The van der Waals surface area contributed by atoms with Crippen molar-refractivity contribution in [3.8, 4) is 0 Å². The lowest BCUT2D eigenvalue weighted by molar-refractivity contribution is -0.141. The largest absolute Gasteiger partial charge is 0.469 e. The van der Waals surface area contributed by atoms with Crippen LogP contribution in [0, 0.1) is 5.82 Å². The molecule has 126 valence electrons. The van der Waals surface area contributed by atoms with Gasteiger partial charge in [-0.3, -0.25) is 4.79 Å². The van der Waals surface area contributed by atoms with Gasteiger partial charge in [-0.25, -0.2) is 9.18 Å². The first-order valence-corrected chi connectivity index (χ1v) is 7.49. The van der Waals surface area contributed by atoms with Crippen LogP contribution >= 0.6 is 0 Å². The van der Waals surface area contributed by atoms with Crippen LogP contribution in [0.25, 0.3) is 0 Å². The maximum atomic E-state index is 13.5. The number of carbonyl (C=O) groups excluding carboxylic acids is 2. The summed E-state index contributed by atoms with van der Waals surface area (Å²) in [5.41, 5.74) is -0.585. The minimum atomic E-state index is -0.647. The number of esters is 1. The highest BCUT2D eigenvalue weighted by Gasteiger charge is 2.58. The first-order valence-electron chi connectivity index (χ1n) is 7.49. The zero-order chi connectivity index (χ0) is 17.3. The molecule has 1 aliphatic rings. The predicted octanol–water partition coefficient (Wildman–Crippen LogP) is 2.92. The molecule has 1 aromatic carbocycles. The molecule has 0 heterocycles. The molecule has 1 fully saturated rings. The van der Waals surface area contributed by atoms with Gasteiger partial charge in [0, 0.05) is 11.5 Å². The van der Waals surface area contributed by atoms with Crippen molar-refractivity contribution in [2.45, 2.75) is 50.7 Å². The topological polar surface area (TPSA) is 64.6 Å². The summed E-state index contributed by atoms with van der Waals surface area (Å²) in [7, 11) is 1.31. The van der Waals surface area contributed by atoms with Crippen LogP contribution in [-0.2, 0) is 19.7 Å². The third-order valence-corrected chi connectivity index (χ3v) is 3.85. The summed E-state index contributed by atoms with van der Waals surface area (Å²) in [5, 5.41) is 2.76. The average molecular weight is 323 g/mol. The van der Waals surface area contributed by atoms with E-state index in [2.05, 4.69) is 5.32 Å². The Bertz CT molecular complexity index is 611. The van der Waals surface area contributed by atoms with E-state index in [-0.39, 0.29) is 18.3 Å². The molecule has 0 aliphatic heterocycles. The van der Waals surface area contributed by atoms with Crippen LogP contribution in [0.1, 0.15) is 39.2 Å². The second-order valence-corrected chi connectivity index (χ2v) is 6.82. The maximum absolute atomic E-state index is 13.5. The number of alkyl carbamates (subject to hydrolysis) is 1. The van der Waals surface area contributed by atoms with Gasteiger partial charge in [-0.15, -0.1) is 0 Å². The van der Waals surface area contributed by atoms with E-state index in [9.17, 15) is 14.0 Å². The van der Waals surface area contributed by atoms with E-state index in [1.165, 1.54) is 19.2 Å². The molecule has 1 N–H and O–H groups in total. The molecule has 1 saturated carbocycles. The monoisotopic (exact) mass is 323 g/mol. The van der Waals surface area contributed by atoms with Crippen LogP contribution in [0.15, 0.2) is 24.3 Å². The number of rotatable bonds is 4. The van der Waals surface area contributed by atoms with Crippen LogP contribution in [0.3, 0.4) is 0 Å². The van der Waals surface area contributed by atoms with Crippen LogP contribution < -0.4 is 5.32 Å². The number of carbonyl (C=O) groups is 2. The summed E-state index contributed by atoms with van der Waals surface area (Å²) >= 11 is 0. The van der Waals surface area contributed by atoms with Crippen molar-refractivity contribution in [3.63, 3.8) is 0 Å². The van der Waals surface area contributed by atoms with Crippen molar-refractivity contribution in [1.29, 1.82) is 0 Å². The van der Waals surface area contributed by atoms with Crippen LogP contribution in [-0.4, -0.2) is 30.8 Å². The van der Waals surface area contributed by atoms with Crippen LogP contribution in [0.2, 0.25) is 0 Å². The van der Waals surface area contributed by atoms with Gasteiger partial charge in [0.15, 0.2) is 0 Å². The van der Waals surface area contributed by atoms with Gasteiger partial charge in [0.05, 0.1) is 13.5 Å². The molecule has 1 amide bonds. The molecule has 0 spiro atoms. The van der Waals surface area contributed by atoms with Crippen LogP contribution in [0.5, 0.6) is 0 Å². The van der Waals surface area contributed by atoms with E-state index in [0.29, 0.717) is 12.0 Å². The molecule has 1 aromatic rings. The Morgan fingerprint density at radius 3 is 2.65 bits per heavy atom. The van der Waals surface area contributed by atoms with E-state index in [1.807, 2.05) is 0 Å². The molecule has 1 aliphatic carbocycles. The Hall–Kier alpha value is -2.11. The van der Waals surface area contributed by atoms with Gasteiger partial charge in [-0.05, 0) is 44.9 Å². The second-order valence-electron chi connectivity index (χ2n) is 6.82. The smallest absolute Gasteiger partial charge is 0.407 e. The minimum absolute atomic E-state index is 0.0768. The van der Waals surface area contributed by atoms with Crippen molar-refractivity contribution < 1.29 is 23.5 Å². The lowest BCUT2D eigenvalue weighted by Gasteiger charge is -2.21. The molecule has 2 unspecified atom stereocenters. The zero-order valence-electron chi connectivity index (χ0n) is 13.8. The van der Waals surface area contributed by atoms with Gasteiger partial charge in [0.2, 0.25) is 0 Å². The Morgan fingerprint density at radius 2 is 2.09 bits per heavy atom. The third kappa shape index (κ3) is 4.21. The lowest BCUT2D eigenvalue weighted by Crippen LogP contribution is -2.37. The van der Waals surface area contributed by atoms with E-state index >= 15 is 0 Å². The lowest BCUT2D eigenvalue weighted by atomic mass is 9.91. The standard InChI is InChI=1S/C17H22FNO4/c1-16(2,3)23-15(21)19-13-9-17(13,10-14(20)22-4)11-6-5-7-12(18)8-11/h5-8,13H,9-10H2,1-4H3,(H,19,21). The molecular formula is C17H22FNO4. The summed E-state index contributed by atoms with van der Waals surface area (Å²) in [6, 6.07) is 5.78. The number of amides is 1. The summed E-state index contributed by atoms with van der Waals surface area (Å²) in [5.74, 6) is -0.780. The summed E-state index contributed by atoms with van der Waals surface area (Å²) < 4.78 is 23.5. The number of hydrogen-bond acceptors (Lipinski definition) is 4. The zero-order valence-corrected chi connectivity index (χ0v) is 13.8. The number of methoxy groups -OCH3 is 1. The molecule has 0 saturated heterocycles. The number of ether oxygens (including phenoxy) is 2. The molecule has 2 rings (SSSR count). The highest BCUT2D eigenvalue weighted by Crippen LogP contribution is 2.51. The molecule has 0 aromatic heterocycles. The first kappa shape index (κ1) is 17.2. The van der Waals surface area contributed by atoms with Gasteiger partial charge >= 0.3 is 12.1 Å². The Morgan fingerprint density at radius 1 is 1.39 bits per heavy atom. The Balaban J connectivity index is 2.16. The van der Waals surface area contributed by atoms with Gasteiger partial charge in [-0.2, -0.15) is 0 Å². The molecule has 6 heteroatoms. The average Bonchev–Trinajstić information content (AvgIpc) is 3.10. The summed E-state index contributed by atoms with van der Waals surface area (Å²) in [4.78, 5) is 23.7. The van der Waals surface area contributed by atoms with E-state index in [0.717, 1.165) is 0 Å².